The highest BCUT2D eigenvalue weighted by atomic mass is 79.9. The number of thioether (sulfide) groups is 1. The first-order valence-electron chi connectivity index (χ1n) is 7.78. The molecule has 124 valence electrons. The highest BCUT2D eigenvalue weighted by Gasteiger charge is 2.22. The van der Waals surface area contributed by atoms with Crippen LogP contribution in [0.1, 0.15) is 17.7 Å². The number of hydrogen-bond acceptors (Lipinski definition) is 3. The van der Waals surface area contributed by atoms with Crippen LogP contribution in [0.3, 0.4) is 0 Å². The number of aromatic nitrogens is 3. The van der Waals surface area contributed by atoms with Crippen LogP contribution in [0.5, 0.6) is 0 Å². The molecule has 2 aromatic heterocycles. The molecule has 24 heavy (non-hydrogen) atoms. The first kappa shape index (κ1) is 15.8. The van der Waals surface area contributed by atoms with Crippen LogP contribution in [0.15, 0.2) is 34.9 Å². The minimum Gasteiger partial charge on any atom is -0.347 e. The van der Waals surface area contributed by atoms with Gasteiger partial charge in [-0.1, -0.05) is 22.0 Å². The summed E-state index contributed by atoms with van der Waals surface area (Å²) in [6.07, 6.45) is 2.46. The maximum atomic E-state index is 12.4. The van der Waals surface area contributed by atoms with Crippen LogP contribution in [0.2, 0.25) is 0 Å². The molecule has 1 N–H and O–H groups in total. The Kier molecular flexibility index (Phi) is 4.14. The van der Waals surface area contributed by atoms with Crippen LogP contribution in [0, 0.1) is 0 Å². The number of carbonyl (C=O) groups is 1. The number of halogens is 1. The summed E-state index contributed by atoms with van der Waals surface area (Å²) in [6, 6.07) is 8.26. The second-order valence-corrected chi connectivity index (χ2v) is 7.80. The summed E-state index contributed by atoms with van der Waals surface area (Å²) in [6.45, 7) is 0.653. The number of benzene rings is 1. The predicted octanol–water partition coefficient (Wildman–Crippen LogP) is 3.91. The van der Waals surface area contributed by atoms with Gasteiger partial charge >= 0.3 is 0 Å². The SMILES string of the molecule is Cn1nc2c(c1NC(=O)CCn1ccc3ccc(Br)cc31)CSC2. The fourth-order valence-corrected chi connectivity index (χ4v) is 4.45. The summed E-state index contributed by atoms with van der Waals surface area (Å²) >= 11 is 5.34. The molecule has 1 aromatic carbocycles. The standard InChI is InChI=1S/C17H17BrN4OS/c1-21-17(13-9-24-10-14(13)20-21)19-16(23)5-7-22-6-4-11-2-3-12(18)8-15(11)22/h2-4,6,8H,5,7,9-10H2,1H3,(H,19,23). The van der Waals surface area contributed by atoms with Crippen molar-refractivity contribution in [2.45, 2.75) is 24.5 Å². The second-order valence-electron chi connectivity index (χ2n) is 5.90. The Morgan fingerprint density at radius 3 is 3.12 bits per heavy atom. The number of nitrogens with zero attached hydrogens (tertiary/aromatic N) is 3. The lowest BCUT2D eigenvalue weighted by Crippen LogP contribution is -2.17. The zero-order valence-electron chi connectivity index (χ0n) is 13.3. The molecule has 0 atom stereocenters. The average molecular weight is 405 g/mol. The Hall–Kier alpha value is -1.73. The van der Waals surface area contributed by atoms with Gasteiger partial charge in [0, 0.05) is 53.3 Å². The molecule has 0 spiro atoms. The van der Waals surface area contributed by atoms with E-state index in [0.29, 0.717) is 13.0 Å². The van der Waals surface area contributed by atoms with Crippen molar-refractivity contribution in [3.63, 3.8) is 0 Å². The molecule has 0 aliphatic carbocycles. The summed E-state index contributed by atoms with van der Waals surface area (Å²) in [5.74, 6) is 2.73. The number of amides is 1. The molecule has 4 rings (SSSR count). The topological polar surface area (TPSA) is 51.9 Å². The Morgan fingerprint density at radius 1 is 1.38 bits per heavy atom. The number of rotatable bonds is 4. The van der Waals surface area contributed by atoms with E-state index in [1.807, 2.05) is 31.1 Å². The maximum absolute atomic E-state index is 12.4. The predicted molar refractivity (Wildman–Crippen MR) is 101 cm³/mol. The van der Waals surface area contributed by atoms with E-state index in [4.69, 9.17) is 0 Å². The normalized spacial score (nSPS) is 13.4. The van der Waals surface area contributed by atoms with Crippen LogP contribution in [0.4, 0.5) is 5.82 Å². The van der Waals surface area contributed by atoms with Crippen molar-refractivity contribution < 1.29 is 4.79 Å². The summed E-state index contributed by atoms with van der Waals surface area (Å²) in [5.41, 5.74) is 3.40. The van der Waals surface area contributed by atoms with Gasteiger partial charge in [-0.25, -0.2) is 0 Å². The molecule has 0 bridgehead atoms. The van der Waals surface area contributed by atoms with Crippen molar-refractivity contribution in [3.05, 3.63) is 46.2 Å². The highest BCUT2D eigenvalue weighted by molar-refractivity contribution is 9.10. The van der Waals surface area contributed by atoms with E-state index < -0.39 is 0 Å². The summed E-state index contributed by atoms with van der Waals surface area (Å²) in [4.78, 5) is 12.4. The lowest BCUT2D eigenvalue weighted by Gasteiger charge is -2.09. The Balaban J connectivity index is 1.46. The number of anilines is 1. The third-order valence-electron chi connectivity index (χ3n) is 4.29. The van der Waals surface area contributed by atoms with Gasteiger partial charge in [0.1, 0.15) is 5.82 Å². The van der Waals surface area contributed by atoms with E-state index >= 15 is 0 Å². The number of nitrogens with one attached hydrogen (secondary N) is 1. The number of aryl methyl sites for hydroxylation is 2. The molecule has 0 unspecified atom stereocenters. The molecule has 3 aromatic rings. The van der Waals surface area contributed by atoms with Crippen molar-refractivity contribution >= 4 is 50.3 Å². The van der Waals surface area contributed by atoms with Gasteiger partial charge in [0.15, 0.2) is 0 Å². The van der Waals surface area contributed by atoms with Crippen molar-refractivity contribution in [2.75, 3.05) is 5.32 Å². The van der Waals surface area contributed by atoms with Gasteiger partial charge in [-0.3, -0.25) is 9.48 Å². The average Bonchev–Trinajstić information content (AvgIpc) is 3.22. The minimum absolute atomic E-state index is 0.0227. The lowest BCUT2D eigenvalue weighted by molar-refractivity contribution is -0.116. The second kappa shape index (κ2) is 6.29. The van der Waals surface area contributed by atoms with Crippen LogP contribution < -0.4 is 5.32 Å². The first-order valence-corrected chi connectivity index (χ1v) is 9.73. The van der Waals surface area contributed by atoms with Crippen LogP contribution in [-0.4, -0.2) is 20.3 Å². The van der Waals surface area contributed by atoms with Crippen molar-refractivity contribution in [1.29, 1.82) is 0 Å². The molecule has 1 aliphatic heterocycles. The molecule has 0 fully saturated rings. The molecular formula is C17H17BrN4OS. The molecule has 1 aliphatic rings. The molecule has 1 amide bonds. The van der Waals surface area contributed by atoms with E-state index in [1.54, 1.807) is 4.68 Å². The number of carbonyl (C=O) groups excluding carboxylic acids is 1. The van der Waals surface area contributed by atoms with Gasteiger partial charge < -0.3 is 9.88 Å². The fraction of sp³-hybridized carbons (Fsp3) is 0.294. The van der Waals surface area contributed by atoms with Gasteiger partial charge in [-0.05, 0) is 23.6 Å². The highest BCUT2D eigenvalue weighted by Crippen LogP contribution is 2.34. The largest absolute Gasteiger partial charge is 0.347 e. The van der Waals surface area contributed by atoms with E-state index in [1.165, 1.54) is 10.9 Å². The summed E-state index contributed by atoms with van der Waals surface area (Å²) in [5, 5.41) is 8.69. The molecule has 5 nitrogen and oxygen atoms in total. The van der Waals surface area contributed by atoms with Crippen molar-refractivity contribution in [2.24, 2.45) is 7.05 Å². The van der Waals surface area contributed by atoms with Gasteiger partial charge in [0.2, 0.25) is 5.91 Å². The van der Waals surface area contributed by atoms with Gasteiger partial charge in [0.25, 0.3) is 0 Å². The molecule has 0 radical (unpaired) electrons. The fourth-order valence-electron chi connectivity index (χ4n) is 3.07. The smallest absolute Gasteiger partial charge is 0.227 e. The molecule has 0 saturated heterocycles. The molecule has 0 saturated carbocycles. The monoisotopic (exact) mass is 404 g/mol. The Morgan fingerprint density at radius 2 is 2.25 bits per heavy atom. The van der Waals surface area contributed by atoms with E-state index in [9.17, 15) is 4.79 Å². The summed E-state index contributed by atoms with van der Waals surface area (Å²) in [7, 11) is 1.88. The number of fused-ring (bicyclic) bond motifs is 2. The number of hydrogen-bond donors (Lipinski definition) is 1. The van der Waals surface area contributed by atoms with Crippen molar-refractivity contribution in [1.82, 2.24) is 14.3 Å². The van der Waals surface area contributed by atoms with Gasteiger partial charge in [-0.15, -0.1) is 0 Å². The first-order chi connectivity index (χ1) is 11.6. The third-order valence-corrected chi connectivity index (χ3v) is 5.75. The van der Waals surface area contributed by atoms with E-state index in [-0.39, 0.29) is 5.91 Å². The summed E-state index contributed by atoms with van der Waals surface area (Å²) < 4.78 is 4.94. The zero-order valence-corrected chi connectivity index (χ0v) is 15.7. The maximum Gasteiger partial charge on any atom is 0.227 e. The molecule has 7 heteroatoms. The van der Waals surface area contributed by atoms with Crippen LogP contribution >= 0.6 is 27.7 Å². The Bertz CT molecular complexity index is 930. The molecule has 3 heterocycles. The third kappa shape index (κ3) is 2.86. The van der Waals surface area contributed by atoms with Crippen LogP contribution in [-0.2, 0) is 29.9 Å². The van der Waals surface area contributed by atoms with Gasteiger partial charge in [0.05, 0.1) is 5.69 Å². The Labute approximate surface area is 152 Å². The van der Waals surface area contributed by atoms with Crippen LogP contribution in [0.25, 0.3) is 10.9 Å². The van der Waals surface area contributed by atoms with E-state index in [0.717, 1.165) is 33.0 Å². The zero-order chi connectivity index (χ0) is 16.7. The lowest BCUT2D eigenvalue weighted by atomic mass is 10.2. The minimum atomic E-state index is 0.0227. The van der Waals surface area contributed by atoms with E-state index in [2.05, 4.69) is 49.1 Å². The van der Waals surface area contributed by atoms with Gasteiger partial charge in [-0.2, -0.15) is 16.9 Å². The molecular weight excluding hydrogens is 388 g/mol. The quantitative estimate of drug-likeness (QED) is 0.716. The van der Waals surface area contributed by atoms with Crippen molar-refractivity contribution in [3.8, 4) is 0 Å².